The first-order valence-electron chi connectivity index (χ1n) is 7.42. The van der Waals surface area contributed by atoms with Crippen molar-refractivity contribution in [1.82, 2.24) is 15.2 Å². The van der Waals surface area contributed by atoms with Crippen LogP contribution in [0.3, 0.4) is 0 Å². The minimum atomic E-state index is 0.607. The van der Waals surface area contributed by atoms with E-state index in [-0.39, 0.29) is 0 Å². The molecule has 0 spiro atoms. The summed E-state index contributed by atoms with van der Waals surface area (Å²) in [6, 6.07) is 6.85. The summed E-state index contributed by atoms with van der Waals surface area (Å²) in [5.74, 6) is 0. The molecule has 0 atom stereocenters. The fraction of sp³-hybridized carbons (Fsp3) is 0.688. The van der Waals surface area contributed by atoms with Crippen LogP contribution in [-0.2, 0) is 6.54 Å². The van der Waals surface area contributed by atoms with Crippen LogP contribution in [0.1, 0.15) is 44.5 Å². The lowest BCUT2D eigenvalue weighted by Crippen LogP contribution is -2.24. The van der Waals surface area contributed by atoms with Crippen molar-refractivity contribution in [2.75, 3.05) is 20.1 Å². The number of unbranched alkanes of at least 4 members (excludes halogenated alkanes) is 2. The molecule has 0 aliphatic carbocycles. The van der Waals surface area contributed by atoms with Crippen LogP contribution in [0.5, 0.6) is 0 Å². The molecule has 0 saturated carbocycles. The molecule has 0 aliphatic heterocycles. The first-order chi connectivity index (χ1) is 9.08. The molecule has 108 valence electrons. The summed E-state index contributed by atoms with van der Waals surface area (Å²) in [4.78, 5) is 6.90. The lowest BCUT2D eigenvalue weighted by Gasteiger charge is -2.16. The van der Waals surface area contributed by atoms with Crippen LogP contribution in [0.25, 0.3) is 0 Å². The molecule has 3 nitrogen and oxygen atoms in total. The van der Waals surface area contributed by atoms with Crippen molar-refractivity contribution < 1.29 is 0 Å². The summed E-state index contributed by atoms with van der Waals surface area (Å²) in [6.07, 6.45) is 3.84. The fourth-order valence-corrected chi connectivity index (χ4v) is 2.12. The third-order valence-electron chi connectivity index (χ3n) is 3.15. The van der Waals surface area contributed by atoms with Gasteiger partial charge in [0.05, 0.1) is 5.69 Å². The Hall–Kier alpha value is -0.930. The van der Waals surface area contributed by atoms with Gasteiger partial charge < -0.3 is 10.2 Å². The van der Waals surface area contributed by atoms with Crippen molar-refractivity contribution in [1.29, 1.82) is 0 Å². The van der Waals surface area contributed by atoms with Crippen LogP contribution in [0, 0.1) is 6.92 Å². The van der Waals surface area contributed by atoms with Gasteiger partial charge in [-0.05, 0) is 52.0 Å². The second-order valence-electron chi connectivity index (χ2n) is 5.68. The molecule has 3 heteroatoms. The second kappa shape index (κ2) is 9.05. The highest BCUT2D eigenvalue weighted by Gasteiger charge is 2.01. The maximum absolute atomic E-state index is 4.54. The molecule has 0 saturated heterocycles. The second-order valence-corrected chi connectivity index (χ2v) is 5.68. The summed E-state index contributed by atoms with van der Waals surface area (Å²) in [5, 5.41) is 3.46. The maximum Gasteiger partial charge on any atom is 0.0547 e. The van der Waals surface area contributed by atoms with E-state index in [1.807, 2.05) is 13.0 Å². The Morgan fingerprint density at radius 1 is 1.21 bits per heavy atom. The summed E-state index contributed by atoms with van der Waals surface area (Å²) < 4.78 is 0. The molecule has 0 aliphatic rings. The van der Waals surface area contributed by atoms with Gasteiger partial charge in [-0.2, -0.15) is 0 Å². The molecule has 1 N–H and O–H groups in total. The number of aromatic nitrogens is 1. The Morgan fingerprint density at radius 3 is 2.68 bits per heavy atom. The molecular weight excluding hydrogens is 234 g/mol. The molecular formula is C16H29N3. The fourth-order valence-electron chi connectivity index (χ4n) is 2.12. The molecule has 0 fully saturated rings. The summed E-state index contributed by atoms with van der Waals surface area (Å²) >= 11 is 0. The van der Waals surface area contributed by atoms with Crippen LogP contribution in [-0.4, -0.2) is 36.1 Å². The Morgan fingerprint density at radius 2 is 2.00 bits per heavy atom. The first-order valence-corrected chi connectivity index (χ1v) is 7.42. The Balaban J connectivity index is 2.09. The SMILES string of the molecule is Cc1cccc(CN(C)CCCCCNC(C)C)n1. The highest BCUT2D eigenvalue weighted by molar-refractivity contribution is 5.09. The van der Waals surface area contributed by atoms with Gasteiger partial charge in [-0.25, -0.2) is 0 Å². The average molecular weight is 263 g/mol. The number of aryl methyl sites for hydroxylation is 1. The molecule has 1 aromatic rings. The lowest BCUT2D eigenvalue weighted by atomic mass is 10.2. The Labute approximate surface area is 118 Å². The van der Waals surface area contributed by atoms with Crippen LogP contribution in [0.15, 0.2) is 18.2 Å². The van der Waals surface area contributed by atoms with Crippen molar-refractivity contribution >= 4 is 0 Å². The number of hydrogen-bond donors (Lipinski definition) is 1. The highest BCUT2D eigenvalue weighted by atomic mass is 15.1. The van der Waals surface area contributed by atoms with Crippen molar-refractivity contribution in [3.63, 3.8) is 0 Å². The van der Waals surface area contributed by atoms with Crippen LogP contribution in [0.4, 0.5) is 0 Å². The molecule has 1 rings (SSSR count). The normalized spacial score (nSPS) is 11.5. The van der Waals surface area contributed by atoms with Crippen LogP contribution in [0.2, 0.25) is 0 Å². The molecule has 1 aromatic heterocycles. The van der Waals surface area contributed by atoms with Crippen molar-refractivity contribution in [3.8, 4) is 0 Å². The zero-order valence-electron chi connectivity index (χ0n) is 12.9. The highest BCUT2D eigenvalue weighted by Crippen LogP contribution is 2.04. The van der Waals surface area contributed by atoms with Crippen molar-refractivity contribution in [3.05, 3.63) is 29.6 Å². The van der Waals surface area contributed by atoms with E-state index in [1.165, 1.54) is 25.0 Å². The van der Waals surface area contributed by atoms with Crippen LogP contribution >= 0.6 is 0 Å². The molecule has 0 bridgehead atoms. The Kier molecular flexibility index (Phi) is 7.68. The summed E-state index contributed by atoms with van der Waals surface area (Å²) in [6.45, 7) is 9.68. The van der Waals surface area contributed by atoms with E-state index in [0.717, 1.165) is 25.3 Å². The van der Waals surface area contributed by atoms with Crippen LogP contribution < -0.4 is 5.32 Å². The van der Waals surface area contributed by atoms with Crippen molar-refractivity contribution in [2.45, 2.75) is 52.6 Å². The van der Waals surface area contributed by atoms with Gasteiger partial charge in [0.2, 0.25) is 0 Å². The molecule has 0 radical (unpaired) electrons. The predicted molar refractivity (Wildman–Crippen MR) is 82.3 cm³/mol. The topological polar surface area (TPSA) is 28.2 Å². The number of nitrogens with one attached hydrogen (secondary N) is 1. The quantitative estimate of drug-likeness (QED) is 0.694. The molecule has 19 heavy (non-hydrogen) atoms. The van der Waals surface area contributed by atoms with E-state index in [4.69, 9.17) is 0 Å². The van der Waals surface area contributed by atoms with E-state index >= 15 is 0 Å². The minimum Gasteiger partial charge on any atom is -0.315 e. The van der Waals surface area contributed by atoms with Gasteiger partial charge in [-0.1, -0.05) is 26.3 Å². The number of nitrogens with zero attached hydrogens (tertiary/aromatic N) is 2. The number of pyridine rings is 1. The number of rotatable bonds is 9. The van der Waals surface area contributed by atoms with E-state index in [9.17, 15) is 0 Å². The van der Waals surface area contributed by atoms with Crippen molar-refractivity contribution in [2.24, 2.45) is 0 Å². The Bertz CT molecular complexity index is 350. The van der Waals surface area contributed by atoms with E-state index in [1.54, 1.807) is 0 Å². The largest absolute Gasteiger partial charge is 0.315 e. The molecule has 0 unspecified atom stereocenters. The molecule has 0 amide bonds. The standard InChI is InChI=1S/C16H29N3/c1-14(2)17-11-6-5-7-12-19(4)13-16-10-8-9-15(3)18-16/h8-10,14,17H,5-7,11-13H2,1-4H3. The molecule has 1 heterocycles. The van der Waals surface area contributed by atoms with E-state index in [0.29, 0.717) is 6.04 Å². The van der Waals surface area contributed by atoms with Gasteiger partial charge >= 0.3 is 0 Å². The smallest absolute Gasteiger partial charge is 0.0547 e. The number of hydrogen-bond acceptors (Lipinski definition) is 3. The zero-order valence-corrected chi connectivity index (χ0v) is 12.9. The van der Waals surface area contributed by atoms with Gasteiger partial charge in [-0.3, -0.25) is 4.98 Å². The first kappa shape index (κ1) is 16.1. The lowest BCUT2D eigenvalue weighted by molar-refractivity contribution is 0.313. The minimum absolute atomic E-state index is 0.607. The maximum atomic E-state index is 4.54. The zero-order chi connectivity index (χ0) is 14.1. The van der Waals surface area contributed by atoms with Gasteiger partial charge in [-0.15, -0.1) is 0 Å². The third kappa shape index (κ3) is 7.96. The summed E-state index contributed by atoms with van der Waals surface area (Å²) in [7, 11) is 2.18. The van der Waals surface area contributed by atoms with Gasteiger partial charge in [0.25, 0.3) is 0 Å². The van der Waals surface area contributed by atoms with Gasteiger partial charge in [0, 0.05) is 18.3 Å². The van der Waals surface area contributed by atoms with Gasteiger partial charge in [0.15, 0.2) is 0 Å². The van der Waals surface area contributed by atoms with E-state index in [2.05, 4.69) is 48.2 Å². The average Bonchev–Trinajstić information content (AvgIpc) is 2.33. The third-order valence-corrected chi connectivity index (χ3v) is 3.15. The van der Waals surface area contributed by atoms with E-state index < -0.39 is 0 Å². The summed E-state index contributed by atoms with van der Waals surface area (Å²) in [5.41, 5.74) is 2.27. The monoisotopic (exact) mass is 263 g/mol. The van der Waals surface area contributed by atoms with Gasteiger partial charge in [0.1, 0.15) is 0 Å². The predicted octanol–water partition coefficient (Wildman–Crippen LogP) is 2.99. The molecule has 0 aromatic carbocycles.